The fraction of sp³-hybridized carbons (Fsp3) is 0.625. The van der Waals surface area contributed by atoms with E-state index in [1.165, 1.54) is 16.7 Å². The lowest BCUT2D eigenvalue weighted by Gasteiger charge is -2.29. The van der Waals surface area contributed by atoms with E-state index < -0.39 is 0 Å². The van der Waals surface area contributed by atoms with Crippen LogP contribution in [0.1, 0.15) is 26.3 Å². The third kappa shape index (κ3) is 2.96. The first-order chi connectivity index (χ1) is 9.97. The number of morpholine rings is 1. The monoisotopic (exact) mass is 288 g/mol. The fourth-order valence-corrected chi connectivity index (χ4v) is 2.99. The van der Waals surface area contributed by atoms with Crippen molar-refractivity contribution in [3.8, 4) is 0 Å². The first kappa shape index (κ1) is 14.9. The molecule has 2 fully saturated rings. The van der Waals surface area contributed by atoms with Crippen molar-refractivity contribution in [2.24, 2.45) is 0 Å². The zero-order valence-corrected chi connectivity index (χ0v) is 13.5. The van der Waals surface area contributed by atoms with Gasteiger partial charge in [-0.25, -0.2) is 0 Å². The summed E-state index contributed by atoms with van der Waals surface area (Å²) in [6, 6.07) is 7.02. The van der Waals surface area contributed by atoms with Crippen molar-refractivity contribution < 1.29 is 9.39 Å². The van der Waals surface area contributed by atoms with Crippen molar-refractivity contribution in [1.29, 1.82) is 0 Å². The van der Waals surface area contributed by atoms with Crippen LogP contribution in [0.25, 0.3) is 0 Å². The minimum Gasteiger partial charge on any atom is -0.411 e. The van der Waals surface area contributed by atoms with Gasteiger partial charge in [0.1, 0.15) is 0 Å². The molecule has 2 saturated heterocycles. The Labute approximate surface area is 127 Å². The number of aryl methyl sites for hydroxylation is 1. The van der Waals surface area contributed by atoms with Crippen LogP contribution in [0.2, 0.25) is 0 Å². The summed E-state index contributed by atoms with van der Waals surface area (Å²) in [6.45, 7) is 12.2. The van der Waals surface area contributed by atoms with Gasteiger partial charge in [0.05, 0.1) is 18.8 Å². The summed E-state index contributed by atoms with van der Waals surface area (Å²) in [5.74, 6) is 0. The van der Waals surface area contributed by atoms with Crippen LogP contribution < -0.4 is 15.6 Å². The van der Waals surface area contributed by atoms with Gasteiger partial charge in [0, 0.05) is 24.8 Å². The second kappa shape index (κ2) is 5.63. The summed E-state index contributed by atoms with van der Waals surface area (Å²) in [5.41, 5.74) is 3.68. The van der Waals surface area contributed by atoms with Gasteiger partial charge in [-0.3, -0.25) is 0 Å². The van der Waals surface area contributed by atoms with E-state index in [1.54, 1.807) is 0 Å². The summed E-state index contributed by atoms with van der Waals surface area (Å²) in [6.07, 6.45) is 0. The van der Waals surface area contributed by atoms with Crippen LogP contribution in [0.5, 0.6) is 0 Å². The minimum atomic E-state index is -0.125. The van der Waals surface area contributed by atoms with E-state index in [1.807, 2.05) is 0 Å². The number of hydrogen-bond donors (Lipinski definition) is 1. The lowest BCUT2D eigenvalue weighted by Crippen LogP contribution is -2.45. The van der Waals surface area contributed by atoms with Crippen LogP contribution in [0.15, 0.2) is 18.2 Å². The molecular formula is C16H25BN2O2. The Balaban J connectivity index is 1.79. The summed E-state index contributed by atoms with van der Waals surface area (Å²) < 4.78 is 11.6. The molecule has 1 N–H and O–H groups in total. The maximum absolute atomic E-state index is 6.17. The molecule has 0 amide bonds. The topological polar surface area (TPSA) is 33.7 Å². The molecule has 2 heterocycles. The van der Waals surface area contributed by atoms with E-state index in [2.05, 4.69) is 56.0 Å². The van der Waals surface area contributed by atoms with Crippen LogP contribution in [0.4, 0.5) is 5.69 Å². The highest BCUT2D eigenvalue weighted by atomic mass is 16.5. The lowest BCUT2D eigenvalue weighted by molar-refractivity contribution is 0.120. The molecule has 1 aromatic carbocycles. The highest BCUT2D eigenvalue weighted by Crippen LogP contribution is 2.23. The quantitative estimate of drug-likeness (QED) is 0.832. The van der Waals surface area contributed by atoms with E-state index in [0.717, 1.165) is 26.3 Å². The largest absolute Gasteiger partial charge is 0.416 e. The number of anilines is 1. The Bertz CT molecular complexity index is 515. The Hall–Kier alpha value is -1.04. The highest BCUT2D eigenvalue weighted by molar-refractivity contribution is 6.66. The van der Waals surface area contributed by atoms with Gasteiger partial charge >= 0.3 is 7.05 Å². The number of hydrogen-bond acceptors (Lipinski definition) is 4. The first-order valence-electron chi connectivity index (χ1n) is 7.84. The Morgan fingerprint density at radius 3 is 2.57 bits per heavy atom. The molecule has 0 radical (unpaired) electrons. The van der Waals surface area contributed by atoms with E-state index in [-0.39, 0.29) is 12.7 Å². The third-order valence-electron chi connectivity index (χ3n) is 4.78. The molecule has 4 nitrogen and oxygen atoms in total. The normalized spacial score (nSPS) is 25.4. The zero-order valence-electron chi connectivity index (χ0n) is 13.5. The second-order valence-electron chi connectivity index (χ2n) is 6.63. The van der Waals surface area contributed by atoms with Gasteiger partial charge in [0.25, 0.3) is 0 Å². The summed E-state index contributed by atoms with van der Waals surface area (Å²) >= 11 is 0. The van der Waals surface area contributed by atoms with Crippen molar-refractivity contribution in [3.63, 3.8) is 0 Å². The van der Waals surface area contributed by atoms with E-state index in [9.17, 15) is 0 Å². The van der Waals surface area contributed by atoms with Gasteiger partial charge in [-0.05, 0) is 45.3 Å². The molecule has 0 bridgehead atoms. The number of ether oxygens (including phenoxy) is 1. The average molecular weight is 288 g/mol. The average Bonchev–Trinajstić information content (AvgIpc) is 2.73. The van der Waals surface area contributed by atoms with Crippen LogP contribution in [-0.4, -0.2) is 45.0 Å². The predicted octanol–water partition coefficient (Wildman–Crippen LogP) is 1.31. The fourth-order valence-electron chi connectivity index (χ4n) is 2.99. The number of rotatable bonds is 2. The molecule has 2 aliphatic heterocycles. The Morgan fingerprint density at radius 2 is 2.00 bits per heavy atom. The molecule has 0 aliphatic carbocycles. The van der Waals surface area contributed by atoms with Gasteiger partial charge in [-0.2, -0.15) is 0 Å². The smallest absolute Gasteiger partial charge is 0.411 e. The molecule has 0 saturated carbocycles. The molecule has 1 unspecified atom stereocenters. The van der Waals surface area contributed by atoms with Gasteiger partial charge in [0.15, 0.2) is 0 Å². The van der Waals surface area contributed by atoms with Crippen molar-refractivity contribution in [3.05, 3.63) is 23.8 Å². The summed E-state index contributed by atoms with van der Waals surface area (Å²) in [5, 5.41) is 3.54. The number of benzene rings is 1. The maximum atomic E-state index is 6.17. The van der Waals surface area contributed by atoms with E-state index in [0.29, 0.717) is 6.04 Å². The van der Waals surface area contributed by atoms with Crippen LogP contribution in [-0.2, 0) is 9.39 Å². The van der Waals surface area contributed by atoms with Gasteiger partial charge in [0.2, 0.25) is 0 Å². The van der Waals surface area contributed by atoms with Crippen LogP contribution >= 0.6 is 0 Å². The van der Waals surface area contributed by atoms with E-state index >= 15 is 0 Å². The molecule has 1 atom stereocenters. The first-order valence-corrected chi connectivity index (χ1v) is 7.84. The third-order valence-corrected chi connectivity index (χ3v) is 4.78. The zero-order chi connectivity index (χ0) is 15.0. The van der Waals surface area contributed by atoms with E-state index in [4.69, 9.17) is 9.39 Å². The van der Waals surface area contributed by atoms with Crippen molar-refractivity contribution in [1.82, 2.24) is 5.23 Å². The Kier molecular flexibility index (Phi) is 3.99. The van der Waals surface area contributed by atoms with Crippen molar-refractivity contribution in [2.75, 3.05) is 31.2 Å². The van der Waals surface area contributed by atoms with Crippen LogP contribution in [0, 0.1) is 6.92 Å². The second-order valence-corrected chi connectivity index (χ2v) is 6.63. The Morgan fingerprint density at radius 1 is 1.29 bits per heavy atom. The predicted molar refractivity (Wildman–Crippen MR) is 87.4 cm³/mol. The molecule has 0 aromatic heterocycles. The summed E-state index contributed by atoms with van der Waals surface area (Å²) in [7, 11) is -0.00580. The van der Waals surface area contributed by atoms with Crippen molar-refractivity contribution >= 4 is 18.2 Å². The molecule has 5 heteroatoms. The molecule has 2 aliphatic rings. The van der Waals surface area contributed by atoms with Gasteiger partial charge in [-0.1, -0.05) is 11.6 Å². The standard InChI is InChI=1S/C16H25BN2O2/c1-12-11-14(19-7-9-20-10-8-19)5-6-15(12)17-18-13(2)16(3,4)21-17/h5-6,11,13,18H,7-10H2,1-4H3. The minimum absolute atomic E-state index is 0.00580. The molecule has 21 heavy (non-hydrogen) atoms. The molecule has 114 valence electrons. The van der Waals surface area contributed by atoms with Crippen molar-refractivity contribution in [2.45, 2.75) is 39.3 Å². The van der Waals surface area contributed by atoms with Crippen LogP contribution in [0.3, 0.4) is 0 Å². The lowest BCUT2D eigenvalue weighted by atomic mass is 9.71. The SMILES string of the molecule is Cc1cc(N2CCOCC2)ccc1B1NC(C)C(C)(C)O1. The van der Waals surface area contributed by atoms with Gasteiger partial charge in [-0.15, -0.1) is 0 Å². The molecule has 1 aromatic rings. The molecular weight excluding hydrogens is 263 g/mol. The van der Waals surface area contributed by atoms with Gasteiger partial charge < -0.3 is 19.5 Å². The molecule has 3 rings (SSSR count). The number of nitrogens with zero attached hydrogens (tertiary/aromatic N) is 1. The highest BCUT2D eigenvalue weighted by Gasteiger charge is 2.42. The molecule has 0 spiro atoms. The number of nitrogens with one attached hydrogen (secondary N) is 1. The summed E-state index contributed by atoms with van der Waals surface area (Å²) in [4.78, 5) is 2.38. The maximum Gasteiger partial charge on any atom is 0.416 e.